The Balaban J connectivity index is 1.85. The number of rotatable bonds is 3. The lowest BCUT2D eigenvalue weighted by Crippen LogP contribution is -2.44. The lowest BCUT2D eigenvalue weighted by Gasteiger charge is -2.30. The van der Waals surface area contributed by atoms with Gasteiger partial charge in [0.25, 0.3) is 0 Å². The van der Waals surface area contributed by atoms with Crippen molar-refractivity contribution in [3.05, 3.63) is 0 Å². The maximum absolute atomic E-state index is 5.38. The van der Waals surface area contributed by atoms with E-state index in [1.807, 2.05) is 7.05 Å². The molecule has 2 saturated heterocycles. The fraction of sp³-hybridized carbons (Fsp3) is 0.750. The van der Waals surface area contributed by atoms with Crippen LogP contribution >= 0.6 is 0 Å². The standard InChI is InChI=1S/C12H21N7O/c1-13-10-15-11(18-4-2-14-3-5-18)17-12(16-10)19-6-8-20-9-7-19/h14H,2-9H2,1H3,(H,13,15,16,17). The smallest absolute Gasteiger partial charge is 0.232 e. The van der Waals surface area contributed by atoms with Crippen LogP contribution in [0.3, 0.4) is 0 Å². The summed E-state index contributed by atoms with van der Waals surface area (Å²) in [6.07, 6.45) is 0. The van der Waals surface area contributed by atoms with Gasteiger partial charge in [-0.15, -0.1) is 0 Å². The summed E-state index contributed by atoms with van der Waals surface area (Å²) >= 11 is 0. The predicted octanol–water partition coefficient (Wildman–Crippen LogP) is -0.840. The van der Waals surface area contributed by atoms with Gasteiger partial charge < -0.3 is 25.2 Å². The zero-order valence-corrected chi connectivity index (χ0v) is 11.8. The molecule has 2 fully saturated rings. The van der Waals surface area contributed by atoms with Crippen LogP contribution in [0.4, 0.5) is 17.8 Å². The van der Waals surface area contributed by atoms with Crippen molar-refractivity contribution in [3.8, 4) is 0 Å². The lowest BCUT2D eigenvalue weighted by molar-refractivity contribution is 0.122. The minimum atomic E-state index is 0.620. The molecule has 0 bridgehead atoms. The fourth-order valence-electron chi connectivity index (χ4n) is 2.38. The molecule has 1 aromatic rings. The summed E-state index contributed by atoms with van der Waals surface area (Å²) < 4.78 is 5.38. The third-order valence-corrected chi connectivity index (χ3v) is 3.53. The average molecular weight is 279 g/mol. The molecule has 20 heavy (non-hydrogen) atoms. The molecule has 0 unspecified atom stereocenters. The highest BCUT2D eigenvalue weighted by Gasteiger charge is 2.19. The monoisotopic (exact) mass is 279 g/mol. The first-order chi connectivity index (χ1) is 9.86. The predicted molar refractivity (Wildman–Crippen MR) is 77.5 cm³/mol. The first-order valence-corrected chi connectivity index (χ1v) is 7.09. The van der Waals surface area contributed by atoms with Gasteiger partial charge in [0, 0.05) is 46.3 Å². The van der Waals surface area contributed by atoms with Gasteiger partial charge in [0.1, 0.15) is 0 Å². The Morgan fingerprint density at radius 2 is 1.55 bits per heavy atom. The number of hydrogen-bond acceptors (Lipinski definition) is 8. The zero-order chi connectivity index (χ0) is 13.8. The number of aromatic nitrogens is 3. The van der Waals surface area contributed by atoms with Crippen LogP contribution in [-0.4, -0.2) is 74.5 Å². The van der Waals surface area contributed by atoms with Crippen molar-refractivity contribution < 1.29 is 4.74 Å². The van der Waals surface area contributed by atoms with E-state index >= 15 is 0 Å². The van der Waals surface area contributed by atoms with Crippen LogP contribution in [0.5, 0.6) is 0 Å². The molecule has 3 rings (SSSR count). The Morgan fingerprint density at radius 1 is 0.950 bits per heavy atom. The minimum absolute atomic E-state index is 0.620. The average Bonchev–Trinajstić information content (AvgIpc) is 2.56. The first-order valence-electron chi connectivity index (χ1n) is 7.09. The molecular weight excluding hydrogens is 258 g/mol. The van der Waals surface area contributed by atoms with E-state index in [2.05, 4.69) is 35.4 Å². The van der Waals surface area contributed by atoms with Crippen molar-refractivity contribution in [1.82, 2.24) is 20.3 Å². The molecule has 8 nitrogen and oxygen atoms in total. The van der Waals surface area contributed by atoms with Crippen LogP contribution in [0.2, 0.25) is 0 Å². The van der Waals surface area contributed by atoms with Gasteiger partial charge in [-0.1, -0.05) is 0 Å². The van der Waals surface area contributed by atoms with Crippen LogP contribution in [-0.2, 0) is 4.74 Å². The number of piperazine rings is 1. The summed E-state index contributed by atoms with van der Waals surface area (Å²) in [7, 11) is 1.83. The maximum atomic E-state index is 5.38. The molecule has 0 aliphatic carbocycles. The van der Waals surface area contributed by atoms with Gasteiger partial charge >= 0.3 is 0 Å². The van der Waals surface area contributed by atoms with E-state index in [4.69, 9.17) is 4.74 Å². The Hall–Kier alpha value is -1.67. The summed E-state index contributed by atoms with van der Waals surface area (Å²) in [6.45, 7) is 6.89. The third-order valence-electron chi connectivity index (χ3n) is 3.53. The highest BCUT2D eigenvalue weighted by atomic mass is 16.5. The first kappa shape index (κ1) is 13.3. The summed E-state index contributed by atoms with van der Waals surface area (Å²) in [5.74, 6) is 2.11. The van der Waals surface area contributed by atoms with Crippen LogP contribution in [0, 0.1) is 0 Å². The van der Waals surface area contributed by atoms with Crippen molar-refractivity contribution in [2.45, 2.75) is 0 Å². The normalized spacial score (nSPS) is 20.1. The van der Waals surface area contributed by atoms with Gasteiger partial charge in [0.05, 0.1) is 13.2 Å². The number of nitrogens with one attached hydrogen (secondary N) is 2. The van der Waals surface area contributed by atoms with Gasteiger partial charge in [0.15, 0.2) is 0 Å². The second-order valence-corrected chi connectivity index (χ2v) is 4.85. The van der Waals surface area contributed by atoms with E-state index in [0.29, 0.717) is 5.95 Å². The van der Waals surface area contributed by atoms with Gasteiger partial charge in [0.2, 0.25) is 17.8 Å². The number of anilines is 3. The molecule has 3 heterocycles. The summed E-state index contributed by atoms with van der Waals surface area (Å²) in [6, 6.07) is 0. The number of hydrogen-bond donors (Lipinski definition) is 2. The quantitative estimate of drug-likeness (QED) is 0.741. The molecule has 2 N–H and O–H groups in total. The molecule has 0 saturated carbocycles. The second kappa shape index (κ2) is 6.19. The van der Waals surface area contributed by atoms with E-state index < -0.39 is 0 Å². The molecule has 2 aliphatic rings. The van der Waals surface area contributed by atoms with Crippen molar-refractivity contribution in [3.63, 3.8) is 0 Å². The van der Waals surface area contributed by atoms with Gasteiger partial charge in [-0.25, -0.2) is 0 Å². The molecule has 110 valence electrons. The van der Waals surface area contributed by atoms with Crippen LogP contribution in [0.1, 0.15) is 0 Å². The molecule has 1 aromatic heterocycles. The van der Waals surface area contributed by atoms with Crippen molar-refractivity contribution in [1.29, 1.82) is 0 Å². The highest BCUT2D eigenvalue weighted by Crippen LogP contribution is 2.17. The minimum Gasteiger partial charge on any atom is -0.378 e. The molecule has 0 atom stereocenters. The largest absolute Gasteiger partial charge is 0.378 e. The SMILES string of the molecule is CNc1nc(N2CCNCC2)nc(N2CCOCC2)n1. The van der Waals surface area contributed by atoms with E-state index in [9.17, 15) is 0 Å². The van der Waals surface area contributed by atoms with Crippen molar-refractivity contribution in [2.75, 3.05) is 74.6 Å². The maximum Gasteiger partial charge on any atom is 0.232 e. The summed E-state index contributed by atoms with van der Waals surface area (Å²) in [5.41, 5.74) is 0. The molecule has 0 radical (unpaired) electrons. The lowest BCUT2D eigenvalue weighted by atomic mass is 10.4. The molecule has 0 aromatic carbocycles. The number of nitrogens with zero attached hydrogens (tertiary/aromatic N) is 5. The Labute approximate surface area is 118 Å². The zero-order valence-electron chi connectivity index (χ0n) is 11.8. The Bertz CT molecular complexity index is 407. The van der Waals surface area contributed by atoms with Crippen molar-refractivity contribution >= 4 is 17.8 Å². The second-order valence-electron chi connectivity index (χ2n) is 4.85. The van der Waals surface area contributed by atoms with Gasteiger partial charge in [-0.3, -0.25) is 0 Å². The Kier molecular flexibility index (Phi) is 4.12. The molecule has 2 aliphatic heterocycles. The molecule has 0 spiro atoms. The van der Waals surface area contributed by atoms with Crippen LogP contribution in [0.15, 0.2) is 0 Å². The molecular formula is C12H21N7O. The van der Waals surface area contributed by atoms with Crippen LogP contribution in [0.25, 0.3) is 0 Å². The summed E-state index contributed by atoms with van der Waals surface area (Å²) in [5, 5.41) is 6.36. The van der Waals surface area contributed by atoms with E-state index in [1.54, 1.807) is 0 Å². The van der Waals surface area contributed by atoms with E-state index in [1.165, 1.54) is 0 Å². The third kappa shape index (κ3) is 2.91. The highest BCUT2D eigenvalue weighted by molar-refractivity contribution is 5.45. The topological polar surface area (TPSA) is 78.4 Å². The van der Waals surface area contributed by atoms with Gasteiger partial charge in [-0.2, -0.15) is 15.0 Å². The number of morpholine rings is 1. The molecule has 8 heteroatoms. The number of ether oxygens (including phenoxy) is 1. The Morgan fingerprint density at radius 3 is 2.15 bits per heavy atom. The van der Waals surface area contributed by atoms with Gasteiger partial charge in [-0.05, 0) is 0 Å². The molecule has 0 amide bonds. The van der Waals surface area contributed by atoms with Crippen molar-refractivity contribution in [2.24, 2.45) is 0 Å². The van der Waals surface area contributed by atoms with Crippen LogP contribution < -0.4 is 20.4 Å². The fourth-order valence-corrected chi connectivity index (χ4v) is 2.38. The van der Waals surface area contributed by atoms with E-state index in [-0.39, 0.29) is 0 Å². The summed E-state index contributed by atoms with van der Waals surface area (Å²) in [4.78, 5) is 17.9. The van der Waals surface area contributed by atoms with E-state index in [0.717, 1.165) is 64.4 Å².